The van der Waals surface area contributed by atoms with Crippen molar-refractivity contribution in [3.8, 4) is 0 Å². The highest BCUT2D eigenvalue weighted by Gasteiger charge is 2.01. The van der Waals surface area contributed by atoms with Crippen LogP contribution in [0.15, 0.2) is 48.5 Å². The van der Waals surface area contributed by atoms with E-state index in [4.69, 9.17) is 11.6 Å². The van der Waals surface area contributed by atoms with Crippen LogP contribution < -0.4 is 10.6 Å². The molecular formula is C15H14ClFN2O. The summed E-state index contributed by atoms with van der Waals surface area (Å²) < 4.78 is 12.7. The maximum atomic E-state index is 12.7. The molecule has 0 saturated heterocycles. The number of benzene rings is 2. The summed E-state index contributed by atoms with van der Waals surface area (Å²) in [4.78, 5) is 11.6. The van der Waals surface area contributed by atoms with Crippen LogP contribution in [0.3, 0.4) is 0 Å². The van der Waals surface area contributed by atoms with Gasteiger partial charge < -0.3 is 10.6 Å². The Bertz CT molecular complexity index is 587. The van der Waals surface area contributed by atoms with Crippen LogP contribution in [0.4, 0.5) is 14.9 Å². The van der Waals surface area contributed by atoms with Crippen LogP contribution in [-0.4, -0.2) is 12.6 Å². The number of amides is 2. The summed E-state index contributed by atoms with van der Waals surface area (Å²) in [6, 6.07) is 12.8. The molecule has 5 heteroatoms. The summed E-state index contributed by atoms with van der Waals surface area (Å²) >= 11 is 5.88. The zero-order valence-corrected chi connectivity index (χ0v) is 11.5. The van der Waals surface area contributed by atoms with Crippen LogP contribution in [0.2, 0.25) is 5.02 Å². The molecule has 0 fully saturated rings. The van der Waals surface area contributed by atoms with E-state index >= 15 is 0 Å². The predicted molar refractivity (Wildman–Crippen MR) is 78.6 cm³/mol. The van der Waals surface area contributed by atoms with Gasteiger partial charge in [0, 0.05) is 17.3 Å². The second kappa shape index (κ2) is 6.91. The molecule has 3 nitrogen and oxygen atoms in total. The Morgan fingerprint density at radius 1 is 1.15 bits per heavy atom. The minimum Gasteiger partial charge on any atom is -0.338 e. The summed E-state index contributed by atoms with van der Waals surface area (Å²) in [7, 11) is 0. The Kier molecular flexibility index (Phi) is 4.96. The minimum atomic E-state index is -0.336. The Balaban J connectivity index is 1.76. The van der Waals surface area contributed by atoms with Gasteiger partial charge in [0.1, 0.15) is 5.82 Å². The Morgan fingerprint density at radius 3 is 2.60 bits per heavy atom. The molecule has 0 aliphatic carbocycles. The molecule has 2 aromatic carbocycles. The molecule has 2 rings (SSSR count). The first-order valence-electron chi connectivity index (χ1n) is 6.18. The number of carbonyl (C=O) groups is 1. The summed E-state index contributed by atoms with van der Waals surface area (Å²) in [5, 5.41) is 6.03. The molecule has 104 valence electrons. The van der Waals surface area contributed by atoms with Crippen LogP contribution in [0, 0.1) is 5.82 Å². The SMILES string of the molecule is O=C(NCCc1cccc(Cl)c1)Nc1ccc(F)cc1. The fourth-order valence-electron chi connectivity index (χ4n) is 1.72. The van der Waals surface area contributed by atoms with Gasteiger partial charge in [0.2, 0.25) is 0 Å². The fraction of sp³-hybridized carbons (Fsp3) is 0.133. The molecule has 0 spiro atoms. The van der Waals surface area contributed by atoms with Crippen molar-refractivity contribution in [1.82, 2.24) is 5.32 Å². The molecule has 0 aliphatic rings. The number of rotatable bonds is 4. The van der Waals surface area contributed by atoms with Gasteiger partial charge in [0.15, 0.2) is 0 Å². The van der Waals surface area contributed by atoms with Crippen LogP contribution in [0.25, 0.3) is 0 Å². The second-order valence-electron chi connectivity index (χ2n) is 4.27. The molecule has 0 atom stereocenters. The molecule has 0 aromatic heterocycles. The fourth-order valence-corrected chi connectivity index (χ4v) is 1.93. The lowest BCUT2D eigenvalue weighted by molar-refractivity contribution is 0.252. The largest absolute Gasteiger partial charge is 0.338 e. The van der Waals surface area contributed by atoms with E-state index in [9.17, 15) is 9.18 Å². The number of halogens is 2. The van der Waals surface area contributed by atoms with Gasteiger partial charge in [0.05, 0.1) is 0 Å². The van der Waals surface area contributed by atoms with Crippen LogP contribution in [0.5, 0.6) is 0 Å². The number of hydrogen-bond donors (Lipinski definition) is 2. The summed E-state index contributed by atoms with van der Waals surface area (Å²) in [5.41, 5.74) is 1.60. The first-order chi connectivity index (χ1) is 9.63. The van der Waals surface area contributed by atoms with E-state index in [0.717, 1.165) is 5.56 Å². The van der Waals surface area contributed by atoms with Crippen molar-refractivity contribution in [3.05, 3.63) is 64.9 Å². The number of nitrogens with one attached hydrogen (secondary N) is 2. The average molecular weight is 293 g/mol. The van der Waals surface area contributed by atoms with Gasteiger partial charge in [-0.1, -0.05) is 23.7 Å². The van der Waals surface area contributed by atoms with Gasteiger partial charge >= 0.3 is 6.03 Å². The third-order valence-electron chi connectivity index (χ3n) is 2.69. The molecule has 0 bridgehead atoms. The van der Waals surface area contributed by atoms with Gasteiger partial charge in [-0.3, -0.25) is 0 Å². The highest BCUT2D eigenvalue weighted by atomic mass is 35.5. The van der Waals surface area contributed by atoms with Gasteiger partial charge in [-0.05, 0) is 48.4 Å². The van der Waals surface area contributed by atoms with Gasteiger partial charge in [-0.15, -0.1) is 0 Å². The lowest BCUT2D eigenvalue weighted by atomic mass is 10.1. The van der Waals surface area contributed by atoms with Crippen molar-refractivity contribution < 1.29 is 9.18 Å². The van der Waals surface area contributed by atoms with Crippen molar-refractivity contribution in [2.75, 3.05) is 11.9 Å². The van der Waals surface area contributed by atoms with E-state index in [1.165, 1.54) is 24.3 Å². The smallest absolute Gasteiger partial charge is 0.319 e. The zero-order valence-electron chi connectivity index (χ0n) is 10.7. The molecule has 2 aromatic rings. The van der Waals surface area contributed by atoms with E-state index in [1.807, 2.05) is 18.2 Å². The van der Waals surface area contributed by atoms with E-state index < -0.39 is 0 Å². The topological polar surface area (TPSA) is 41.1 Å². The summed E-state index contributed by atoms with van der Waals surface area (Å²) in [6.07, 6.45) is 0.692. The zero-order chi connectivity index (χ0) is 14.4. The second-order valence-corrected chi connectivity index (χ2v) is 4.70. The van der Waals surface area contributed by atoms with Gasteiger partial charge in [0.25, 0.3) is 0 Å². The third kappa shape index (κ3) is 4.55. The Hall–Kier alpha value is -2.07. The van der Waals surface area contributed by atoms with Gasteiger partial charge in [-0.2, -0.15) is 0 Å². The summed E-state index contributed by atoms with van der Waals surface area (Å²) in [6.45, 7) is 0.493. The van der Waals surface area contributed by atoms with Crippen LogP contribution in [0.1, 0.15) is 5.56 Å². The molecule has 20 heavy (non-hydrogen) atoms. The standard InChI is InChI=1S/C15H14ClFN2O/c16-12-3-1-2-11(10-12)8-9-18-15(20)19-14-6-4-13(17)5-7-14/h1-7,10H,8-9H2,(H2,18,19,20). The number of urea groups is 1. The van der Waals surface area contributed by atoms with Gasteiger partial charge in [-0.25, -0.2) is 9.18 Å². The molecular weight excluding hydrogens is 279 g/mol. The van der Waals surface area contributed by atoms with Crippen molar-refractivity contribution in [3.63, 3.8) is 0 Å². The lowest BCUT2D eigenvalue weighted by Crippen LogP contribution is -2.30. The highest BCUT2D eigenvalue weighted by Crippen LogP contribution is 2.11. The predicted octanol–water partition coefficient (Wildman–Crippen LogP) is 3.84. The van der Waals surface area contributed by atoms with E-state index in [0.29, 0.717) is 23.7 Å². The summed E-state index contributed by atoms with van der Waals surface area (Å²) in [5.74, 6) is -0.336. The third-order valence-corrected chi connectivity index (χ3v) is 2.93. The normalized spacial score (nSPS) is 10.1. The van der Waals surface area contributed by atoms with Crippen LogP contribution in [-0.2, 0) is 6.42 Å². The maximum absolute atomic E-state index is 12.7. The number of carbonyl (C=O) groups excluding carboxylic acids is 1. The maximum Gasteiger partial charge on any atom is 0.319 e. The first kappa shape index (κ1) is 14.3. The van der Waals surface area contributed by atoms with Crippen molar-refractivity contribution in [2.45, 2.75) is 6.42 Å². The molecule has 0 heterocycles. The van der Waals surface area contributed by atoms with E-state index in [-0.39, 0.29) is 11.8 Å². The lowest BCUT2D eigenvalue weighted by Gasteiger charge is -2.07. The molecule has 0 aliphatic heterocycles. The number of hydrogen-bond acceptors (Lipinski definition) is 1. The van der Waals surface area contributed by atoms with Crippen molar-refractivity contribution >= 4 is 23.3 Å². The van der Waals surface area contributed by atoms with Crippen molar-refractivity contribution in [2.24, 2.45) is 0 Å². The first-order valence-corrected chi connectivity index (χ1v) is 6.56. The highest BCUT2D eigenvalue weighted by molar-refractivity contribution is 6.30. The molecule has 0 radical (unpaired) electrons. The molecule has 2 N–H and O–H groups in total. The average Bonchev–Trinajstić information content (AvgIpc) is 2.41. The van der Waals surface area contributed by atoms with Crippen molar-refractivity contribution in [1.29, 1.82) is 0 Å². The molecule has 2 amide bonds. The quantitative estimate of drug-likeness (QED) is 0.883. The Morgan fingerprint density at radius 2 is 1.90 bits per heavy atom. The van der Waals surface area contributed by atoms with E-state index in [2.05, 4.69) is 10.6 Å². The molecule has 0 saturated carbocycles. The minimum absolute atomic E-state index is 0.321. The monoisotopic (exact) mass is 292 g/mol. The molecule has 0 unspecified atom stereocenters. The Labute approximate surface area is 121 Å². The number of anilines is 1. The van der Waals surface area contributed by atoms with E-state index in [1.54, 1.807) is 6.07 Å². The van der Waals surface area contributed by atoms with Crippen LogP contribution >= 0.6 is 11.6 Å².